The Balaban J connectivity index is 1.50. The largest absolute Gasteiger partial charge is 0.360 e. The zero-order valence-electron chi connectivity index (χ0n) is 15.6. The van der Waals surface area contributed by atoms with Crippen molar-refractivity contribution in [2.75, 3.05) is 26.7 Å². The van der Waals surface area contributed by atoms with Crippen LogP contribution in [0.15, 0.2) is 36.4 Å². The summed E-state index contributed by atoms with van der Waals surface area (Å²) in [7, 11) is 1.79. The van der Waals surface area contributed by atoms with E-state index in [-0.39, 0.29) is 29.8 Å². The van der Waals surface area contributed by atoms with E-state index in [1.165, 1.54) is 11.1 Å². The van der Waals surface area contributed by atoms with Crippen molar-refractivity contribution in [3.8, 4) is 0 Å². The number of amides is 2. The third-order valence-electron chi connectivity index (χ3n) is 6.11. The Morgan fingerprint density at radius 3 is 2.77 bits per heavy atom. The van der Waals surface area contributed by atoms with Gasteiger partial charge in [-0.15, -0.1) is 0 Å². The van der Waals surface area contributed by atoms with Gasteiger partial charge in [-0.1, -0.05) is 42.0 Å². The molecule has 0 unspecified atom stereocenters. The van der Waals surface area contributed by atoms with Crippen LogP contribution in [0.2, 0.25) is 0 Å². The van der Waals surface area contributed by atoms with Crippen LogP contribution in [-0.2, 0) is 20.7 Å². The molecular weight excluding hydrogens is 328 g/mol. The number of aryl methyl sites for hydroxylation is 1. The first-order valence-electron chi connectivity index (χ1n) is 9.41. The number of carbonyl (C=O) groups is 2. The van der Waals surface area contributed by atoms with E-state index >= 15 is 0 Å². The quantitative estimate of drug-likeness (QED) is 0.758. The van der Waals surface area contributed by atoms with Crippen LogP contribution < -0.4 is 0 Å². The second-order valence-electron chi connectivity index (χ2n) is 7.75. The summed E-state index contributed by atoms with van der Waals surface area (Å²) in [6, 6.07) is 8.41. The predicted octanol–water partition coefficient (Wildman–Crippen LogP) is 1.80. The lowest BCUT2D eigenvalue weighted by Crippen LogP contribution is -2.44. The Hall–Kier alpha value is -2.14. The fourth-order valence-electron chi connectivity index (χ4n) is 4.48. The molecule has 0 N–H and O–H groups in total. The zero-order valence-corrected chi connectivity index (χ0v) is 15.6. The van der Waals surface area contributed by atoms with Gasteiger partial charge in [-0.25, -0.2) is 0 Å². The average molecular weight is 354 g/mol. The van der Waals surface area contributed by atoms with Gasteiger partial charge >= 0.3 is 0 Å². The predicted molar refractivity (Wildman–Crippen MR) is 98.5 cm³/mol. The van der Waals surface area contributed by atoms with E-state index < -0.39 is 5.60 Å². The Morgan fingerprint density at radius 2 is 2.08 bits per heavy atom. The van der Waals surface area contributed by atoms with E-state index in [2.05, 4.69) is 31.2 Å². The highest BCUT2D eigenvalue weighted by Crippen LogP contribution is 2.52. The van der Waals surface area contributed by atoms with Gasteiger partial charge in [-0.2, -0.15) is 0 Å². The molecule has 138 valence electrons. The van der Waals surface area contributed by atoms with Gasteiger partial charge in [-0.3, -0.25) is 9.59 Å². The molecule has 2 saturated heterocycles. The Kier molecular flexibility index (Phi) is 4.14. The smallest absolute Gasteiger partial charge is 0.230 e. The monoisotopic (exact) mass is 354 g/mol. The van der Waals surface area contributed by atoms with Crippen molar-refractivity contribution in [2.45, 2.75) is 32.0 Å². The maximum atomic E-state index is 13.1. The van der Waals surface area contributed by atoms with Gasteiger partial charge in [0.1, 0.15) is 5.60 Å². The first kappa shape index (κ1) is 17.3. The third-order valence-corrected chi connectivity index (χ3v) is 6.11. The van der Waals surface area contributed by atoms with E-state index in [1.807, 2.05) is 24.0 Å². The summed E-state index contributed by atoms with van der Waals surface area (Å²) >= 11 is 0. The van der Waals surface area contributed by atoms with Gasteiger partial charge in [0.15, 0.2) is 0 Å². The van der Waals surface area contributed by atoms with Gasteiger partial charge < -0.3 is 14.5 Å². The van der Waals surface area contributed by atoms with E-state index in [1.54, 1.807) is 11.9 Å². The van der Waals surface area contributed by atoms with Gasteiger partial charge in [0, 0.05) is 20.1 Å². The molecule has 1 aromatic carbocycles. The Morgan fingerprint density at radius 1 is 1.35 bits per heavy atom. The molecule has 5 nitrogen and oxygen atoms in total. The summed E-state index contributed by atoms with van der Waals surface area (Å²) in [5, 5.41) is 0. The maximum absolute atomic E-state index is 13.1. The standard InChI is InChI=1S/C21H26N2O3/c1-4-22(3)19(24)17-16-9-11-21(26-16)13-23(20(25)18(17)21)12-10-15-7-5-14(2)6-8-15/h5-9,11,16-18H,4,10,12-13H2,1-3H3/t16-,17+,18-,21-/m0/s1. The number of carbonyl (C=O) groups excluding carboxylic acids is 2. The normalized spacial score (nSPS) is 31.6. The molecule has 4 atom stereocenters. The topological polar surface area (TPSA) is 49.9 Å². The average Bonchev–Trinajstić information content (AvgIpc) is 3.28. The van der Waals surface area contributed by atoms with Crippen LogP contribution in [-0.4, -0.2) is 60.0 Å². The summed E-state index contributed by atoms with van der Waals surface area (Å²) in [6.07, 6.45) is 4.54. The van der Waals surface area contributed by atoms with Crippen molar-refractivity contribution in [1.29, 1.82) is 0 Å². The fourth-order valence-corrected chi connectivity index (χ4v) is 4.48. The van der Waals surface area contributed by atoms with Crippen LogP contribution in [0, 0.1) is 18.8 Å². The van der Waals surface area contributed by atoms with E-state index in [0.29, 0.717) is 19.6 Å². The van der Waals surface area contributed by atoms with E-state index in [0.717, 1.165) is 6.42 Å². The maximum Gasteiger partial charge on any atom is 0.230 e. The van der Waals surface area contributed by atoms with Gasteiger partial charge in [0.05, 0.1) is 24.5 Å². The summed E-state index contributed by atoms with van der Waals surface area (Å²) in [5.41, 5.74) is 1.85. The minimum atomic E-state index is -0.607. The number of nitrogens with zero attached hydrogens (tertiary/aromatic N) is 2. The molecular formula is C21H26N2O3. The van der Waals surface area contributed by atoms with Crippen LogP contribution >= 0.6 is 0 Å². The molecule has 1 spiro atoms. The Bertz CT molecular complexity index is 757. The van der Waals surface area contributed by atoms with Crippen molar-refractivity contribution in [1.82, 2.24) is 9.80 Å². The van der Waals surface area contributed by atoms with Crippen LogP contribution in [0.1, 0.15) is 18.1 Å². The summed E-state index contributed by atoms with van der Waals surface area (Å²) in [6.45, 7) is 5.86. The molecule has 3 heterocycles. The summed E-state index contributed by atoms with van der Waals surface area (Å²) < 4.78 is 6.16. The van der Waals surface area contributed by atoms with Crippen LogP contribution in [0.3, 0.4) is 0 Å². The van der Waals surface area contributed by atoms with Crippen molar-refractivity contribution >= 4 is 11.8 Å². The Labute approximate surface area is 154 Å². The first-order chi connectivity index (χ1) is 12.4. The molecule has 4 rings (SSSR count). The van der Waals surface area contributed by atoms with Crippen LogP contribution in [0.4, 0.5) is 0 Å². The van der Waals surface area contributed by atoms with Gasteiger partial charge in [-0.05, 0) is 25.8 Å². The molecule has 3 aliphatic rings. The highest BCUT2D eigenvalue weighted by molar-refractivity contribution is 5.93. The first-order valence-corrected chi connectivity index (χ1v) is 9.41. The molecule has 2 fully saturated rings. The fraction of sp³-hybridized carbons (Fsp3) is 0.524. The van der Waals surface area contributed by atoms with E-state index in [4.69, 9.17) is 4.74 Å². The number of hydrogen-bond acceptors (Lipinski definition) is 3. The van der Waals surface area contributed by atoms with Crippen molar-refractivity contribution in [2.24, 2.45) is 11.8 Å². The second-order valence-corrected chi connectivity index (χ2v) is 7.75. The molecule has 2 bridgehead atoms. The van der Waals surface area contributed by atoms with Gasteiger partial charge in [0.2, 0.25) is 11.8 Å². The second kappa shape index (κ2) is 6.23. The van der Waals surface area contributed by atoms with E-state index in [9.17, 15) is 9.59 Å². The summed E-state index contributed by atoms with van der Waals surface area (Å²) in [5.74, 6) is -0.687. The molecule has 5 heteroatoms. The number of benzene rings is 1. The number of ether oxygens (including phenoxy) is 1. The third kappa shape index (κ3) is 2.57. The van der Waals surface area contributed by atoms with Crippen LogP contribution in [0.25, 0.3) is 0 Å². The zero-order chi connectivity index (χ0) is 18.5. The minimum Gasteiger partial charge on any atom is -0.360 e. The lowest BCUT2D eigenvalue weighted by atomic mass is 9.76. The molecule has 0 aromatic heterocycles. The van der Waals surface area contributed by atoms with Crippen molar-refractivity contribution < 1.29 is 14.3 Å². The molecule has 26 heavy (non-hydrogen) atoms. The molecule has 0 aliphatic carbocycles. The lowest BCUT2D eigenvalue weighted by Gasteiger charge is -2.27. The minimum absolute atomic E-state index is 0.0162. The highest BCUT2D eigenvalue weighted by Gasteiger charge is 2.66. The summed E-state index contributed by atoms with van der Waals surface area (Å²) in [4.78, 5) is 29.5. The van der Waals surface area contributed by atoms with Gasteiger partial charge in [0.25, 0.3) is 0 Å². The molecule has 2 amide bonds. The molecule has 0 saturated carbocycles. The number of rotatable bonds is 5. The molecule has 0 radical (unpaired) electrons. The number of fused-ring (bicyclic) bond motifs is 1. The number of likely N-dealkylation sites (tertiary alicyclic amines) is 1. The van der Waals surface area contributed by atoms with Crippen molar-refractivity contribution in [3.05, 3.63) is 47.5 Å². The lowest BCUT2D eigenvalue weighted by molar-refractivity contribution is -0.142. The molecule has 1 aromatic rings. The highest BCUT2D eigenvalue weighted by atomic mass is 16.5. The van der Waals surface area contributed by atoms with Crippen molar-refractivity contribution in [3.63, 3.8) is 0 Å². The number of hydrogen-bond donors (Lipinski definition) is 0. The van der Waals surface area contributed by atoms with Crippen LogP contribution in [0.5, 0.6) is 0 Å². The SMILES string of the molecule is CCN(C)C(=O)[C@@H]1[C@@H]2C=C[C@@]3(CN(CCc4ccc(C)cc4)C(=O)[C@H]13)O2. The molecule has 3 aliphatic heterocycles.